The van der Waals surface area contributed by atoms with Crippen LogP contribution in [0.1, 0.15) is 49.7 Å². The SMILES string of the molecule is CCOc1ccc(COc2ccc(-c3ccc(C4CCC(OC)CC4)c(F)c3F)cc2)cc1F. The number of hydrogen-bond donors (Lipinski definition) is 0. The minimum absolute atomic E-state index is 0.0122. The number of methoxy groups -OCH3 is 1. The molecule has 0 N–H and O–H groups in total. The first-order valence-corrected chi connectivity index (χ1v) is 11.6. The molecule has 0 aliphatic heterocycles. The highest BCUT2D eigenvalue weighted by Gasteiger charge is 2.26. The zero-order valence-corrected chi connectivity index (χ0v) is 19.5. The summed E-state index contributed by atoms with van der Waals surface area (Å²) in [7, 11) is 1.69. The van der Waals surface area contributed by atoms with E-state index in [2.05, 4.69) is 0 Å². The summed E-state index contributed by atoms with van der Waals surface area (Å²) in [6.45, 7) is 2.36. The Morgan fingerprint density at radius 1 is 0.824 bits per heavy atom. The van der Waals surface area contributed by atoms with Crippen LogP contribution in [0, 0.1) is 17.5 Å². The van der Waals surface area contributed by atoms with Crippen molar-refractivity contribution in [1.29, 1.82) is 0 Å². The third kappa shape index (κ3) is 5.39. The van der Waals surface area contributed by atoms with Crippen molar-refractivity contribution in [2.75, 3.05) is 13.7 Å². The van der Waals surface area contributed by atoms with E-state index in [1.807, 2.05) is 0 Å². The van der Waals surface area contributed by atoms with Crippen LogP contribution in [0.2, 0.25) is 0 Å². The molecule has 0 spiro atoms. The number of rotatable bonds is 8. The topological polar surface area (TPSA) is 27.7 Å². The van der Waals surface area contributed by atoms with Gasteiger partial charge in [-0.1, -0.05) is 30.3 Å². The fourth-order valence-electron chi connectivity index (χ4n) is 4.52. The maximum Gasteiger partial charge on any atom is 0.166 e. The van der Waals surface area contributed by atoms with E-state index in [1.165, 1.54) is 6.07 Å². The van der Waals surface area contributed by atoms with Crippen molar-refractivity contribution in [3.63, 3.8) is 0 Å². The molecule has 34 heavy (non-hydrogen) atoms. The number of benzene rings is 3. The van der Waals surface area contributed by atoms with Gasteiger partial charge in [0.15, 0.2) is 23.2 Å². The molecule has 1 fully saturated rings. The van der Waals surface area contributed by atoms with E-state index in [0.717, 1.165) is 25.7 Å². The molecule has 1 aliphatic rings. The van der Waals surface area contributed by atoms with Gasteiger partial charge in [-0.25, -0.2) is 13.2 Å². The Kier molecular flexibility index (Phi) is 7.78. The summed E-state index contributed by atoms with van der Waals surface area (Å²) in [5, 5.41) is 0. The molecule has 0 atom stereocenters. The average Bonchev–Trinajstić information content (AvgIpc) is 2.86. The first-order valence-electron chi connectivity index (χ1n) is 11.6. The molecule has 1 saturated carbocycles. The Labute approximate surface area is 198 Å². The van der Waals surface area contributed by atoms with Crippen LogP contribution in [0.4, 0.5) is 13.2 Å². The van der Waals surface area contributed by atoms with Crippen molar-refractivity contribution in [3.8, 4) is 22.6 Å². The summed E-state index contributed by atoms with van der Waals surface area (Å²) in [5.41, 5.74) is 1.88. The van der Waals surface area contributed by atoms with Crippen LogP contribution in [0.15, 0.2) is 54.6 Å². The highest BCUT2D eigenvalue weighted by atomic mass is 19.2. The standard InChI is InChI=1S/C28H29F3O3/c1-3-33-26-15-4-18(16-25(26)29)17-34-22-11-7-20(8-12-22)24-14-13-23(27(30)28(24)31)19-5-9-21(32-2)10-6-19/h4,7-8,11-16,19,21H,3,5-6,9-10,17H2,1-2H3. The molecule has 180 valence electrons. The van der Waals surface area contributed by atoms with Gasteiger partial charge in [0, 0.05) is 12.7 Å². The molecule has 6 heteroatoms. The van der Waals surface area contributed by atoms with Gasteiger partial charge >= 0.3 is 0 Å². The van der Waals surface area contributed by atoms with E-state index in [-0.39, 0.29) is 29.9 Å². The van der Waals surface area contributed by atoms with Crippen molar-refractivity contribution in [1.82, 2.24) is 0 Å². The summed E-state index contributed by atoms with van der Waals surface area (Å²) in [5.74, 6) is -1.27. The molecule has 0 radical (unpaired) electrons. The minimum Gasteiger partial charge on any atom is -0.491 e. The third-order valence-electron chi connectivity index (χ3n) is 6.43. The summed E-state index contributed by atoms with van der Waals surface area (Å²) in [4.78, 5) is 0. The number of hydrogen-bond acceptors (Lipinski definition) is 3. The van der Waals surface area contributed by atoms with Crippen molar-refractivity contribution < 1.29 is 27.4 Å². The fraction of sp³-hybridized carbons (Fsp3) is 0.357. The van der Waals surface area contributed by atoms with Gasteiger partial charge in [0.05, 0.1) is 12.7 Å². The van der Waals surface area contributed by atoms with Crippen molar-refractivity contribution in [2.24, 2.45) is 0 Å². The van der Waals surface area contributed by atoms with Gasteiger partial charge in [-0.05, 0) is 79.5 Å². The summed E-state index contributed by atoms with van der Waals surface area (Å²) in [6, 6.07) is 14.8. The highest BCUT2D eigenvalue weighted by Crippen LogP contribution is 2.38. The van der Waals surface area contributed by atoms with Crippen molar-refractivity contribution >= 4 is 0 Å². The molecule has 4 rings (SSSR count). The first-order chi connectivity index (χ1) is 16.5. The van der Waals surface area contributed by atoms with Gasteiger partial charge < -0.3 is 14.2 Å². The van der Waals surface area contributed by atoms with Gasteiger partial charge in [0.2, 0.25) is 0 Å². The average molecular weight is 471 g/mol. The normalized spacial score (nSPS) is 18.0. The Hall–Kier alpha value is -2.99. The van der Waals surface area contributed by atoms with Crippen molar-refractivity contribution in [3.05, 3.63) is 83.2 Å². The van der Waals surface area contributed by atoms with Gasteiger partial charge in [-0.3, -0.25) is 0 Å². The highest BCUT2D eigenvalue weighted by molar-refractivity contribution is 5.65. The second-order valence-electron chi connectivity index (χ2n) is 8.55. The minimum atomic E-state index is -0.829. The van der Waals surface area contributed by atoms with E-state index >= 15 is 0 Å². The van der Waals surface area contributed by atoms with Crippen LogP contribution in [0.25, 0.3) is 11.1 Å². The molecule has 1 aliphatic carbocycles. The quantitative estimate of drug-likeness (QED) is 0.343. The van der Waals surface area contributed by atoms with Gasteiger partial charge in [-0.2, -0.15) is 0 Å². The van der Waals surface area contributed by atoms with Crippen LogP contribution >= 0.6 is 0 Å². The zero-order valence-electron chi connectivity index (χ0n) is 19.5. The summed E-state index contributed by atoms with van der Waals surface area (Å²) < 4.78 is 60.2. The van der Waals surface area contributed by atoms with Crippen LogP contribution < -0.4 is 9.47 Å². The van der Waals surface area contributed by atoms with Crippen molar-refractivity contribution in [2.45, 2.75) is 51.2 Å². The lowest BCUT2D eigenvalue weighted by Crippen LogP contribution is -2.20. The Balaban J connectivity index is 1.42. The molecule has 3 nitrogen and oxygen atoms in total. The molecule has 0 unspecified atom stereocenters. The molecule has 0 heterocycles. The van der Waals surface area contributed by atoms with Gasteiger partial charge in [-0.15, -0.1) is 0 Å². The summed E-state index contributed by atoms with van der Waals surface area (Å²) in [6.07, 6.45) is 3.50. The molecule has 0 saturated heterocycles. The second kappa shape index (κ2) is 11.0. The zero-order chi connectivity index (χ0) is 24.1. The lowest BCUT2D eigenvalue weighted by molar-refractivity contribution is 0.0655. The van der Waals surface area contributed by atoms with E-state index in [4.69, 9.17) is 14.2 Å². The van der Waals surface area contributed by atoms with Crippen LogP contribution in [-0.4, -0.2) is 19.8 Å². The predicted octanol–water partition coefficient (Wildman–Crippen LogP) is 7.42. The van der Waals surface area contributed by atoms with Gasteiger partial charge in [0.1, 0.15) is 12.4 Å². The smallest absolute Gasteiger partial charge is 0.166 e. The maximum absolute atomic E-state index is 15.0. The first kappa shape index (κ1) is 24.1. The van der Waals surface area contributed by atoms with E-state index in [0.29, 0.717) is 29.0 Å². The Morgan fingerprint density at radius 3 is 2.21 bits per heavy atom. The molecule has 3 aromatic rings. The largest absolute Gasteiger partial charge is 0.491 e. The number of ether oxygens (including phenoxy) is 3. The molecular formula is C28H29F3O3. The Bertz CT molecular complexity index is 1110. The molecular weight excluding hydrogens is 441 g/mol. The third-order valence-corrected chi connectivity index (χ3v) is 6.43. The molecule has 0 amide bonds. The lowest BCUT2D eigenvalue weighted by atomic mass is 9.82. The summed E-state index contributed by atoms with van der Waals surface area (Å²) >= 11 is 0. The molecule has 0 bridgehead atoms. The van der Waals surface area contributed by atoms with Crippen LogP contribution in [0.5, 0.6) is 11.5 Å². The maximum atomic E-state index is 15.0. The predicted molar refractivity (Wildman–Crippen MR) is 126 cm³/mol. The second-order valence-corrected chi connectivity index (χ2v) is 8.55. The van der Waals surface area contributed by atoms with Crippen LogP contribution in [0.3, 0.4) is 0 Å². The molecule has 0 aromatic heterocycles. The number of halogens is 3. The van der Waals surface area contributed by atoms with E-state index < -0.39 is 17.5 Å². The monoisotopic (exact) mass is 470 g/mol. The molecule has 3 aromatic carbocycles. The van der Waals surface area contributed by atoms with Gasteiger partial charge in [0.25, 0.3) is 0 Å². The fourth-order valence-corrected chi connectivity index (χ4v) is 4.52. The lowest BCUT2D eigenvalue weighted by Gasteiger charge is -2.28. The van der Waals surface area contributed by atoms with Crippen LogP contribution in [-0.2, 0) is 11.3 Å². The van der Waals surface area contributed by atoms with E-state index in [1.54, 1.807) is 62.6 Å². The van der Waals surface area contributed by atoms with E-state index in [9.17, 15) is 13.2 Å². The Morgan fingerprint density at radius 2 is 1.56 bits per heavy atom.